The predicted molar refractivity (Wildman–Crippen MR) is 221 cm³/mol. The number of para-hydroxylation sites is 2. The van der Waals surface area contributed by atoms with Gasteiger partial charge in [0.1, 0.15) is 0 Å². The lowest BCUT2D eigenvalue weighted by molar-refractivity contribution is 1.18. The molecular weight excluding hydrogens is 629 g/mol. The van der Waals surface area contributed by atoms with Gasteiger partial charge >= 0.3 is 0 Å². The van der Waals surface area contributed by atoms with Gasteiger partial charge in [-0.2, -0.15) is 0 Å². The molecule has 0 aliphatic carbocycles. The van der Waals surface area contributed by atoms with Crippen LogP contribution in [0.3, 0.4) is 0 Å². The fourth-order valence-corrected chi connectivity index (χ4v) is 7.90. The van der Waals surface area contributed by atoms with E-state index in [1.807, 2.05) is 0 Å². The van der Waals surface area contributed by atoms with Crippen LogP contribution in [0.15, 0.2) is 206 Å². The maximum atomic E-state index is 2.41. The maximum Gasteiger partial charge on any atom is 0.0546 e. The van der Waals surface area contributed by atoms with Crippen molar-refractivity contribution in [1.82, 2.24) is 4.57 Å². The number of nitrogens with zero attached hydrogens (tertiary/aromatic N) is 2. The van der Waals surface area contributed by atoms with Gasteiger partial charge in [-0.1, -0.05) is 146 Å². The van der Waals surface area contributed by atoms with Gasteiger partial charge in [0.05, 0.1) is 16.7 Å². The van der Waals surface area contributed by atoms with E-state index in [1.54, 1.807) is 0 Å². The largest absolute Gasteiger partial charge is 0.310 e. The molecule has 10 aromatic rings. The Hall–Kier alpha value is -6.90. The first-order chi connectivity index (χ1) is 25.8. The van der Waals surface area contributed by atoms with E-state index in [0.29, 0.717) is 0 Å². The zero-order chi connectivity index (χ0) is 34.4. The van der Waals surface area contributed by atoms with E-state index in [0.717, 1.165) is 17.1 Å². The van der Waals surface area contributed by atoms with E-state index in [1.165, 1.54) is 71.3 Å². The highest BCUT2D eigenvalue weighted by Gasteiger charge is 2.18. The molecule has 1 heterocycles. The van der Waals surface area contributed by atoms with Crippen molar-refractivity contribution >= 4 is 60.4 Å². The second-order valence-electron chi connectivity index (χ2n) is 13.4. The topological polar surface area (TPSA) is 8.17 Å². The van der Waals surface area contributed by atoms with Crippen molar-refractivity contribution < 1.29 is 0 Å². The summed E-state index contributed by atoms with van der Waals surface area (Å²) < 4.78 is 2.37. The highest BCUT2D eigenvalue weighted by molar-refractivity contribution is 6.15. The van der Waals surface area contributed by atoms with Crippen molar-refractivity contribution in [1.29, 1.82) is 0 Å². The van der Waals surface area contributed by atoms with E-state index in [2.05, 4.69) is 216 Å². The summed E-state index contributed by atoms with van der Waals surface area (Å²) in [7, 11) is 0. The van der Waals surface area contributed by atoms with Crippen LogP contribution in [0.1, 0.15) is 0 Å². The van der Waals surface area contributed by atoms with Gasteiger partial charge in [0.25, 0.3) is 0 Å². The smallest absolute Gasteiger partial charge is 0.0546 e. The van der Waals surface area contributed by atoms with Crippen molar-refractivity contribution in [2.75, 3.05) is 4.90 Å². The summed E-state index contributed by atoms with van der Waals surface area (Å²) in [6.45, 7) is 0. The van der Waals surface area contributed by atoms with Crippen molar-refractivity contribution in [3.63, 3.8) is 0 Å². The van der Waals surface area contributed by atoms with E-state index >= 15 is 0 Å². The van der Waals surface area contributed by atoms with E-state index in [4.69, 9.17) is 0 Å². The molecule has 1 aromatic heterocycles. The number of fused-ring (bicyclic) bond motifs is 6. The summed E-state index contributed by atoms with van der Waals surface area (Å²) in [6, 6.07) is 74.6. The third kappa shape index (κ3) is 5.04. The highest BCUT2D eigenvalue weighted by Crippen LogP contribution is 2.43. The summed E-state index contributed by atoms with van der Waals surface area (Å²) in [5, 5.41) is 7.47. The molecule has 0 spiro atoms. The molecule has 0 amide bonds. The second kappa shape index (κ2) is 12.5. The van der Waals surface area contributed by atoms with Gasteiger partial charge in [-0.05, 0) is 99.1 Å². The Morgan fingerprint density at radius 3 is 1.62 bits per heavy atom. The minimum Gasteiger partial charge on any atom is -0.310 e. The molecule has 2 nitrogen and oxygen atoms in total. The third-order valence-corrected chi connectivity index (χ3v) is 10.4. The van der Waals surface area contributed by atoms with Crippen molar-refractivity contribution in [3.8, 4) is 27.9 Å². The number of aromatic nitrogens is 1. The van der Waals surface area contributed by atoms with Crippen LogP contribution in [0.25, 0.3) is 71.3 Å². The Morgan fingerprint density at radius 1 is 0.327 bits per heavy atom. The maximum absolute atomic E-state index is 2.41. The molecule has 0 fully saturated rings. The molecule has 0 N–H and O–H groups in total. The van der Waals surface area contributed by atoms with Crippen LogP contribution in [-0.2, 0) is 0 Å². The summed E-state index contributed by atoms with van der Waals surface area (Å²) in [5.74, 6) is 0. The molecule has 10 rings (SSSR count). The zero-order valence-electron chi connectivity index (χ0n) is 28.5. The standard InChI is InChI=1S/C50H34N2/c1-3-12-35(13-4-1)36-24-29-42(30-25-36)51(49-21-11-15-39-23-22-38-14-7-8-18-44(38)50(39)49)43-31-26-37(27-32-43)40-28-33-48-46(34-40)45-19-9-10-20-47(45)52(48)41-16-5-2-6-17-41/h1-34H. The average molecular weight is 663 g/mol. The van der Waals surface area contributed by atoms with Crippen molar-refractivity contribution in [2.24, 2.45) is 0 Å². The van der Waals surface area contributed by atoms with E-state index in [9.17, 15) is 0 Å². The summed E-state index contributed by atoms with van der Waals surface area (Å²) >= 11 is 0. The predicted octanol–water partition coefficient (Wildman–Crippen LogP) is 13.9. The lowest BCUT2D eigenvalue weighted by atomic mass is 9.98. The first-order valence-corrected chi connectivity index (χ1v) is 17.9. The highest BCUT2D eigenvalue weighted by atomic mass is 15.1. The van der Waals surface area contributed by atoms with Crippen molar-refractivity contribution in [3.05, 3.63) is 206 Å². The normalized spacial score (nSPS) is 11.5. The minimum atomic E-state index is 1.11. The van der Waals surface area contributed by atoms with Gasteiger partial charge in [-0.25, -0.2) is 0 Å². The summed E-state index contributed by atoms with van der Waals surface area (Å²) in [5.41, 5.74) is 11.8. The van der Waals surface area contributed by atoms with E-state index < -0.39 is 0 Å². The van der Waals surface area contributed by atoms with Crippen LogP contribution < -0.4 is 4.90 Å². The van der Waals surface area contributed by atoms with Crippen LogP contribution in [0, 0.1) is 0 Å². The Bertz CT molecular complexity index is 2870. The summed E-state index contributed by atoms with van der Waals surface area (Å²) in [6.07, 6.45) is 0. The SMILES string of the molecule is c1ccc(-c2ccc(N(c3ccc(-c4ccc5c(c4)c4ccccc4n5-c4ccccc4)cc3)c3cccc4ccc5ccccc5c34)cc2)cc1. The molecule has 0 aliphatic rings. The molecule has 52 heavy (non-hydrogen) atoms. The quantitative estimate of drug-likeness (QED) is 0.161. The second-order valence-corrected chi connectivity index (χ2v) is 13.4. The van der Waals surface area contributed by atoms with Gasteiger partial charge in [-0.3, -0.25) is 0 Å². The lowest BCUT2D eigenvalue weighted by Gasteiger charge is -2.28. The van der Waals surface area contributed by atoms with E-state index in [-0.39, 0.29) is 0 Å². The Labute approximate surface area is 303 Å². The molecular formula is C50H34N2. The molecule has 0 radical (unpaired) electrons. The van der Waals surface area contributed by atoms with Gasteiger partial charge in [0.2, 0.25) is 0 Å². The third-order valence-electron chi connectivity index (χ3n) is 10.4. The molecule has 2 heteroatoms. The van der Waals surface area contributed by atoms with Gasteiger partial charge < -0.3 is 9.47 Å². The number of rotatable bonds is 6. The van der Waals surface area contributed by atoms with Gasteiger partial charge in [0, 0.05) is 33.2 Å². The van der Waals surface area contributed by atoms with Crippen molar-refractivity contribution in [2.45, 2.75) is 0 Å². The molecule has 0 bridgehead atoms. The Balaban J connectivity index is 1.11. The number of hydrogen-bond donors (Lipinski definition) is 0. The van der Waals surface area contributed by atoms with Crippen LogP contribution >= 0.6 is 0 Å². The Kier molecular flexibility index (Phi) is 7.18. The van der Waals surface area contributed by atoms with Crippen LogP contribution in [-0.4, -0.2) is 4.57 Å². The molecule has 244 valence electrons. The molecule has 9 aromatic carbocycles. The minimum absolute atomic E-state index is 1.11. The molecule has 0 unspecified atom stereocenters. The fourth-order valence-electron chi connectivity index (χ4n) is 7.90. The van der Waals surface area contributed by atoms with Crippen LogP contribution in [0.4, 0.5) is 17.1 Å². The van der Waals surface area contributed by atoms with Crippen LogP contribution in [0.2, 0.25) is 0 Å². The fraction of sp³-hybridized carbons (Fsp3) is 0. The lowest BCUT2D eigenvalue weighted by Crippen LogP contribution is -2.10. The molecule has 0 aliphatic heterocycles. The first-order valence-electron chi connectivity index (χ1n) is 17.9. The number of benzene rings is 9. The van der Waals surface area contributed by atoms with Gasteiger partial charge in [0.15, 0.2) is 0 Å². The summed E-state index contributed by atoms with van der Waals surface area (Å²) in [4.78, 5) is 2.41. The molecule has 0 saturated heterocycles. The Morgan fingerprint density at radius 2 is 0.865 bits per heavy atom. The molecule has 0 saturated carbocycles. The first kappa shape index (κ1) is 30.0. The zero-order valence-corrected chi connectivity index (χ0v) is 28.5. The van der Waals surface area contributed by atoms with Gasteiger partial charge in [-0.15, -0.1) is 0 Å². The number of hydrogen-bond acceptors (Lipinski definition) is 1. The van der Waals surface area contributed by atoms with Crippen LogP contribution in [0.5, 0.6) is 0 Å². The average Bonchev–Trinajstić information content (AvgIpc) is 3.56. The molecule has 0 atom stereocenters. The number of anilines is 3. The monoisotopic (exact) mass is 662 g/mol.